The van der Waals surface area contributed by atoms with Gasteiger partial charge in [-0.3, -0.25) is 4.79 Å². The van der Waals surface area contributed by atoms with Crippen molar-refractivity contribution in [3.05, 3.63) is 65.2 Å². The third kappa shape index (κ3) is 2.29. The van der Waals surface area contributed by atoms with Crippen LogP contribution in [0, 0.1) is 6.92 Å². The van der Waals surface area contributed by atoms with E-state index in [1.54, 1.807) is 43.3 Å². The zero-order valence-corrected chi connectivity index (χ0v) is 12.6. The number of hydrogen-bond acceptors (Lipinski definition) is 3. The minimum absolute atomic E-state index is 0.266. The molecule has 0 aliphatic heterocycles. The highest BCUT2D eigenvalue weighted by atomic mass is 32.2. The number of ketones is 1. The number of rotatable bonds is 2. The van der Waals surface area contributed by atoms with Crippen LogP contribution in [-0.2, 0) is 16.3 Å². The van der Waals surface area contributed by atoms with E-state index in [0.717, 1.165) is 5.56 Å². The minimum atomic E-state index is -3.63. The highest BCUT2D eigenvalue weighted by Crippen LogP contribution is 2.30. The van der Waals surface area contributed by atoms with Crippen LogP contribution in [0.25, 0.3) is 0 Å². The molecule has 108 valence electrons. The molecule has 2 aromatic carbocycles. The molecule has 1 atom stereocenters. The highest BCUT2D eigenvalue weighted by molar-refractivity contribution is 7.93. The summed E-state index contributed by atoms with van der Waals surface area (Å²) >= 11 is 0. The summed E-state index contributed by atoms with van der Waals surface area (Å²) in [7, 11) is -3.63. The van der Waals surface area contributed by atoms with Gasteiger partial charge in [-0.15, -0.1) is 0 Å². The Morgan fingerprint density at radius 2 is 1.67 bits per heavy atom. The average Bonchev–Trinajstić information content (AvgIpc) is 2.48. The van der Waals surface area contributed by atoms with E-state index >= 15 is 0 Å². The summed E-state index contributed by atoms with van der Waals surface area (Å²) in [5.74, 6) is -0.278. The van der Waals surface area contributed by atoms with Crippen molar-refractivity contribution in [1.29, 1.82) is 0 Å². The summed E-state index contributed by atoms with van der Waals surface area (Å²) in [5, 5.41) is -0.964. The van der Waals surface area contributed by atoms with Gasteiger partial charge in [0.05, 0.1) is 4.90 Å². The molecule has 0 fully saturated rings. The Labute approximate surface area is 124 Å². The lowest BCUT2D eigenvalue weighted by molar-refractivity contribution is 0.0976. The van der Waals surface area contributed by atoms with Crippen LogP contribution in [0.3, 0.4) is 0 Å². The predicted molar refractivity (Wildman–Crippen MR) is 81.2 cm³/mol. The first-order valence-electron chi connectivity index (χ1n) is 6.93. The van der Waals surface area contributed by atoms with Gasteiger partial charge >= 0.3 is 0 Å². The van der Waals surface area contributed by atoms with E-state index in [1.165, 1.54) is 0 Å². The minimum Gasteiger partial charge on any atom is -0.293 e. The van der Waals surface area contributed by atoms with Crippen LogP contribution in [0.2, 0.25) is 0 Å². The van der Waals surface area contributed by atoms with E-state index < -0.39 is 15.1 Å². The lowest BCUT2D eigenvalue weighted by Gasteiger charge is -2.23. The maximum atomic E-state index is 12.8. The normalized spacial score (nSPS) is 18.3. The lowest BCUT2D eigenvalue weighted by Crippen LogP contribution is -2.35. The Balaban J connectivity index is 2.06. The summed E-state index contributed by atoms with van der Waals surface area (Å²) in [6, 6.07) is 14.1. The van der Waals surface area contributed by atoms with Gasteiger partial charge in [0.25, 0.3) is 0 Å². The molecule has 4 heteroatoms. The molecule has 21 heavy (non-hydrogen) atoms. The number of fused-ring (bicyclic) bond motifs is 1. The maximum absolute atomic E-state index is 12.8. The van der Waals surface area contributed by atoms with Gasteiger partial charge in [-0.05, 0) is 37.0 Å². The number of sulfone groups is 1. The molecule has 0 aromatic heterocycles. The summed E-state index contributed by atoms with van der Waals surface area (Å²) in [6.45, 7) is 1.76. The van der Waals surface area contributed by atoms with Gasteiger partial charge in [0, 0.05) is 5.56 Å². The molecule has 0 bridgehead atoms. The smallest absolute Gasteiger partial charge is 0.188 e. The second-order valence-corrected chi connectivity index (χ2v) is 7.46. The van der Waals surface area contributed by atoms with Crippen molar-refractivity contribution >= 4 is 15.6 Å². The molecule has 0 spiro atoms. The fourth-order valence-corrected chi connectivity index (χ4v) is 4.82. The second-order valence-electron chi connectivity index (χ2n) is 5.36. The van der Waals surface area contributed by atoms with E-state index in [-0.39, 0.29) is 10.7 Å². The van der Waals surface area contributed by atoms with Crippen LogP contribution in [-0.4, -0.2) is 19.5 Å². The molecule has 3 nitrogen and oxygen atoms in total. The molecular weight excluding hydrogens is 284 g/mol. The quantitative estimate of drug-likeness (QED) is 0.857. The number of Topliss-reactive ketones (excluding diaryl/α,β-unsaturated/α-hetero) is 1. The van der Waals surface area contributed by atoms with Crippen molar-refractivity contribution in [2.75, 3.05) is 0 Å². The topological polar surface area (TPSA) is 51.2 Å². The zero-order chi connectivity index (χ0) is 15.0. The Kier molecular flexibility index (Phi) is 3.41. The molecule has 0 saturated heterocycles. The van der Waals surface area contributed by atoms with Crippen molar-refractivity contribution in [2.45, 2.75) is 29.9 Å². The number of benzene rings is 2. The average molecular weight is 300 g/mol. The van der Waals surface area contributed by atoms with Crippen LogP contribution in [0.4, 0.5) is 0 Å². The molecule has 0 saturated carbocycles. The molecule has 1 unspecified atom stereocenters. The zero-order valence-electron chi connectivity index (χ0n) is 11.7. The first-order valence-corrected chi connectivity index (χ1v) is 8.48. The van der Waals surface area contributed by atoms with Crippen LogP contribution >= 0.6 is 0 Å². The van der Waals surface area contributed by atoms with E-state index in [0.29, 0.717) is 24.0 Å². The number of hydrogen-bond donors (Lipinski definition) is 0. The van der Waals surface area contributed by atoms with Gasteiger partial charge in [-0.2, -0.15) is 0 Å². The largest absolute Gasteiger partial charge is 0.293 e. The first-order chi connectivity index (χ1) is 10.0. The van der Waals surface area contributed by atoms with Gasteiger partial charge < -0.3 is 0 Å². The predicted octanol–water partition coefficient (Wildman–Crippen LogP) is 2.97. The van der Waals surface area contributed by atoms with E-state index in [9.17, 15) is 13.2 Å². The SMILES string of the molecule is Cc1ccccc1S(=O)(=O)C1CCc2ccccc2C1=O. The third-order valence-corrected chi connectivity index (χ3v) is 6.30. The van der Waals surface area contributed by atoms with Gasteiger partial charge in [0.2, 0.25) is 0 Å². The van der Waals surface area contributed by atoms with Crippen LogP contribution in [0.15, 0.2) is 53.4 Å². The first kappa shape index (κ1) is 14.0. The standard InChI is InChI=1S/C17H16O3S/c1-12-6-2-5-9-15(12)21(19,20)16-11-10-13-7-3-4-8-14(13)17(16)18/h2-9,16H,10-11H2,1H3. The third-order valence-electron chi connectivity index (χ3n) is 4.03. The highest BCUT2D eigenvalue weighted by Gasteiger charge is 2.38. The fourth-order valence-electron chi connectivity index (χ4n) is 2.89. The second kappa shape index (κ2) is 5.11. The molecule has 0 N–H and O–H groups in total. The molecule has 0 amide bonds. The Morgan fingerprint density at radius 1 is 1.00 bits per heavy atom. The number of aryl methyl sites for hydroxylation is 2. The molecular formula is C17H16O3S. The molecule has 1 aliphatic rings. The summed E-state index contributed by atoms with van der Waals surface area (Å²) < 4.78 is 25.6. The lowest BCUT2D eigenvalue weighted by atomic mass is 9.90. The maximum Gasteiger partial charge on any atom is 0.188 e. The molecule has 3 rings (SSSR count). The molecule has 0 heterocycles. The molecule has 0 radical (unpaired) electrons. The van der Waals surface area contributed by atoms with Gasteiger partial charge in [0.1, 0.15) is 5.25 Å². The van der Waals surface area contributed by atoms with Gasteiger partial charge in [0.15, 0.2) is 15.6 Å². The number of carbonyl (C=O) groups is 1. The van der Waals surface area contributed by atoms with Crippen molar-refractivity contribution in [3.63, 3.8) is 0 Å². The Hall–Kier alpha value is -1.94. The van der Waals surface area contributed by atoms with Crippen molar-refractivity contribution in [2.24, 2.45) is 0 Å². The van der Waals surface area contributed by atoms with Crippen LogP contribution in [0.1, 0.15) is 27.9 Å². The summed E-state index contributed by atoms with van der Waals surface area (Å²) in [5.41, 5.74) is 2.17. The van der Waals surface area contributed by atoms with Gasteiger partial charge in [-0.25, -0.2) is 8.42 Å². The van der Waals surface area contributed by atoms with Gasteiger partial charge in [-0.1, -0.05) is 42.5 Å². The molecule has 1 aliphatic carbocycles. The Morgan fingerprint density at radius 3 is 2.43 bits per heavy atom. The van der Waals surface area contributed by atoms with Crippen molar-refractivity contribution < 1.29 is 13.2 Å². The molecule has 2 aromatic rings. The van der Waals surface area contributed by atoms with Crippen LogP contribution < -0.4 is 0 Å². The number of carbonyl (C=O) groups excluding carboxylic acids is 1. The van der Waals surface area contributed by atoms with E-state index in [1.807, 2.05) is 12.1 Å². The van der Waals surface area contributed by atoms with Crippen molar-refractivity contribution in [3.8, 4) is 0 Å². The van der Waals surface area contributed by atoms with E-state index in [2.05, 4.69) is 0 Å². The summed E-state index contributed by atoms with van der Waals surface area (Å²) in [4.78, 5) is 12.8. The van der Waals surface area contributed by atoms with E-state index in [4.69, 9.17) is 0 Å². The monoisotopic (exact) mass is 300 g/mol. The van der Waals surface area contributed by atoms with Crippen molar-refractivity contribution in [1.82, 2.24) is 0 Å². The summed E-state index contributed by atoms with van der Waals surface area (Å²) in [6.07, 6.45) is 0.976. The fraction of sp³-hybridized carbons (Fsp3) is 0.235. The van der Waals surface area contributed by atoms with Crippen LogP contribution in [0.5, 0.6) is 0 Å². The Bertz CT molecular complexity index is 806.